The van der Waals surface area contributed by atoms with Crippen LogP contribution in [0.5, 0.6) is 5.75 Å². The van der Waals surface area contributed by atoms with Crippen LogP contribution >= 0.6 is 23.2 Å². The van der Waals surface area contributed by atoms with E-state index in [-0.39, 0.29) is 18.1 Å². The standard InChI is InChI=1S/C26H19Cl2NO3/c1-32-20-7-3-5-16(11-20)23-14-19(30)13-22(15-4-2-6-17(27)10-15)26(23)21-9-8-18(28)12-24(21)29-25(26)31/h2-12,14,22H,13H2,1H3,(H,29,31)/t22-,26-/m0/s1. The maximum absolute atomic E-state index is 13.9. The van der Waals surface area contributed by atoms with E-state index in [1.54, 1.807) is 31.4 Å². The first-order valence-corrected chi connectivity index (χ1v) is 11.0. The monoisotopic (exact) mass is 463 g/mol. The van der Waals surface area contributed by atoms with Gasteiger partial charge in [0.25, 0.3) is 0 Å². The van der Waals surface area contributed by atoms with Crippen molar-refractivity contribution < 1.29 is 14.3 Å². The molecule has 1 N–H and O–H groups in total. The van der Waals surface area contributed by atoms with E-state index in [9.17, 15) is 9.59 Å². The van der Waals surface area contributed by atoms with Crippen LogP contribution in [-0.4, -0.2) is 18.8 Å². The molecule has 3 aromatic rings. The number of ketones is 1. The zero-order valence-electron chi connectivity index (χ0n) is 17.2. The Labute approximate surface area is 195 Å². The molecule has 2 aliphatic rings. The highest BCUT2D eigenvalue weighted by atomic mass is 35.5. The lowest BCUT2D eigenvalue weighted by atomic mass is 9.58. The summed E-state index contributed by atoms with van der Waals surface area (Å²) in [5.74, 6) is -0.0390. The highest BCUT2D eigenvalue weighted by Gasteiger charge is 2.57. The number of carbonyl (C=O) groups is 2. The molecule has 1 spiro atoms. The van der Waals surface area contributed by atoms with Gasteiger partial charge in [0.1, 0.15) is 11.2 Å². The van der Waals surface area contributed by atoms with Crippen LogP contribution in [0.25, 0.3) is 5.57 Å². The lowest BCUT2D eigenvalue weighted by Gasteiger charge is -2.41. The third-order valence-electron chi connectivity index (χ3n) is 6.30. The fraction of sp³-hybridized carbons (Fsp3) is 0.154. The molecule has 2 atom stereocenters. The maximum atomic E-state index is 13.9. The summed E-state index contributed by atoms with van der Waals surface area (Å²) in [7, 11) is 1.59. The highest BCUT2D eigenvalue weighted by molar-refractivity contribution is 6.31. The van der Waals surface area contributed by atoms with Crippen molar-refractivity contribution in [2.24, 2.45) is 0 Å². The first-order valence-electron chi connectivity index (χ1n) is 10.2. The molecule has 0 unspecified atom stereocenters. The molecule has 1 heterocycles. The molecule has 1 aliphatic heterocycles. The van der Waals surface area contributed by atoms with Crippen LogP contribution in [0.4, 0.5) is 5.69 Å². The number of hydrogen-bond donors (Lipinski definition) is 1. The summed E-state index contributed by atoms with van der Waals surface area (Å²) in [4.78, 5) is 26.9. The second-order valence-electron chi connectivity index (χ2n) is 8.02. The summed E-state index contributed by atoms with van der Waals surface area (Å²) < 4.78 is 5.42. The Kier molecular flexibility index (Phi) is 5.07. The maximum Gasteiger partial charge on any atom is 0.240 e. The van der Waals surface area contributed by atoms with E-state index in [0.717, 1.165) is 16.7 Å². The second kappa shape index (κ2) is 7.80. The Hall–Kier alpha value is -3.08. The van der Waals surface area contributed by atoms with Crippen LogP contribution in [0.2, 0.25) is 10.0 Å². The lowest BCUT2D eigenvalue weighted by Crippen LogP contribution is -2.45. The number of halogens is 2. The lowest BCUT2D eigenvalue weighted by molar-refractivity contribution is -0.121. The average molecular weight is 464 g/mol. The van der Waals surface area contributed by atoms with Gasteiger partial charge in [-0.05, 0) is 64.7 Å². The average Bonchev–Trinajstić information content (AvgIpc) is 3.06. The molecule has 4 nitrogen and oxygen atoms in total. The van der Waals surface area contributed by atoms with Crippen molar-refractivity contribution in [3.05, 3.63) is 99.5 Å². The van der Waals surface area contributed by atoms with Crippen LogP contribution in [-0.2, 0) is 15.0 Å². The van der Waals surface area contributed by atoms with Crippen molar-refractivity contribution in [2.75, 3.05) is 12.4 Å². The van der Waals surface area contributed by atoms with Gasteiger partial charge in [0.2, 0.25) is 5.91 Å². The number of fused-ring (bicyclic) bond motifs is 2. The van der Waals surface area contributed by atoms with E-state index in [1.807, 2.05) is 48.5 Å². The van der Waals surface area contributed by atoms with Crippen LogP contribution in [0.15, 0.2) is 72.8 Å². The number of hydrogen-bond acceptors (Lipinski definition) is 3. The van der Waals surface area contributed by atoms with Gasteiger partial charge in [-0.15, -0.1) is 0 Å². The molecule has 6 heteroatoms. The second-order valence-corrected chi connectivity index (χ2v) is 8.89. The van der Waals surface area contributed by atoms with Gasteiger partial charge in [0, 0.05) is 28.1 Å². The predicted octanol–water partition coefficient (Wildman–Crippen LogP) is 6.03. The smallest absolute Gasteiger partial charge is 0.240 e. The Bertz CT molecular complexity index is 1300. The minimum atomic E-state index is -1.12. The van der Waals surface area contributed by atoms with Gasteiger partial charge >= 0.3 is 0 Å². The van der Waals surface area contributed by atoms with Crippen LogP contribution in [0.3, 0.4) is 0 Å². The number of nitrogens with one attached hydrogen (secondary N) is 1. The van der Waals surface area contributed by atoms with Crippen molar-refractivity contribution in [3.63, 3.8) is 0 Å². The van der Waals surface area contributed by atoms with E-state index < -0.39 is 11.3 Å². The zero-order chi connectivity index (χ0) is 22.5. The number of benzene rings is 3. The molecule has 0 fully saturated rings. The van der Waals surface area contributed by atoms with Crippen molar-refractivity contribution in [3.8, 4) is 5.75 Å². The number of ether oxygens (including phenoxy) is 1. The van der Waals surface area contributed by atoms with E-state index in [4.69, 9.17) is 27.9 Å². The first-order chi connectivity index (χ1) is 15.4. The molecule has 0 saturated heterocycles. The Balaban J connectivity index is 1.84. The van der Waals surface area contributed by atoms with Gasteiger partial charge in [0.05, 0.1) is 7.11 Å². The molecule has 1 aliphatic carbocycles. The Morgan fingerprint density at radius 2 is 1.75 bits per heavy atom. The highest BCUT2D eigenvalue weighted by Crippen LogP contribution is 2.58. The largest absolute Gasteiger partial charge is 0.497 e. The van der Waals surface area contributed by atoms with Crippen LogP contribution < -0.4 is 10.1 Å². The van der Waals surface area contributed by atoms with E-state index in [2.05, 4.69) is 5.32 Å². The zero-order valence-corrected chi connectivity index (χ0v) is 18.7. The van der Waals surface area contributed by atoms with Crippen LogP contribution in [0, 0.1) is 0 Å². The normalized spacial score (nSPS) is 21.8. The van der Waals surface area contributed by atoms with Gasteiger partial charge in [-0.25, -0.2) is 0 Å². The summed E-state index contributed by atoms with van der Waals surface area (Å²) in [6.07, 6.45) is 1.78. The van der Waals surface area contributed by atoms with E-state index in [1.165, 1.54) is 0 Å². The molecular weight excluding hydrogens is 445 g/mol. The minimum absolute atomic E-state index is 0.0476. The van der Waals surface area contributed by atoms with E-state index in [0.29, 0.717) is 27.1 Å². The van der Waals surface area contributed by atoms with Crippen LogP contribution in [0.1, 0.15) is 29.0 Å². The van der Waals surface area contributed by atoms with Gasteiger partial charge in [-0.2, -0.15) is 0 Å². The van der Waals surface area contributed by atoms with Gasteiger partial charge in [0.15, 0.2) is 5.78 Å². The third-order valence-corrected chi connectivity index (χ3v) is 6.77. The number of methoxy groups -OCH3 is 1. The fourth-order valence-corrected chi connectivity index (χ4v) is 5.36. The van der Waals surface area contributed by atoms with Crippen molar-refractivity contribution in [2.45, 2.75) is 17.8 Å². The van der Waals surface area contributed by atoms with Crippen molar-refractivity contribution >= 4 is 46.2 Å². The molecule has 1 amide bonds. The Morgan fingerprint density at radius 3 is 2.53 bits per heavy atom. The number of carbonyl (C=O) groups excluding carboxylic acids is 2. The summed E-state index contributed by atoms with van der Waals surface area (Å²) >= 11 is 12.5. The summed E-state index contributed by atoms with van der Waals surface area (Å²) in [6.45, 7) is 0. The third kappa shape index (κ3) is 3.14. The molecule has 0 bridgehead atoms. The molecule has 0 saturated carbocycles. The molecule has 0 aromatic heterocycles. The molecular formula is C26H19Cl2NO3. The SMILES string of the molecule is COc1cccc(C2=CC(=O)C[C@@H](c3cccc(Cl)c3)[C@]23C(=O)Nc2cc(Cl)ccc23)c1. The van der Waals surface area contributed by atoms with Gasteiger partial charge in [-0.3, -0.25) is 9.59 Å². The minimum Gasteiger partial charge on any atom is -0.497 e. The van der Waals surface area contributed by atoms with Gasteiger partial charge < -0.3 is 10.1 Å². The first kappa shape index (κ1) is 20.8. The van der Waals surface area contributed by atoms with E-state index >= 15 is 0 Å². The topological polar surface area (TPSA) is 55.4 Å². The molecule has 3 aromatic carbocycles. The number of amides is 1. The summed E-state index contributed by atoms with van der Waals surface area (Å²) in [6, 6.07) is 20.2. The number of anilines is 1. The molecule has 32 heavy (non-hydrogen) atoms. The summed E-state index contributed by atoms with van der Waals surface area (Å²) in [5, 5.41) is 4.10. The van der Waals surface area contributed by atoms with Gasteiger partial charge in [-0.1, -0.05) is 53.5 Å². The summed E-state index contributed by atoms with van der Waals surface area (Å²) in [5.41, 5.74) is 2.54. The number of allylic oxidation sites excluding steroid dienone is 1. The molecule has 0 radical (unpaired) electrons. The number of rotatable bonds is 3. The Morgan fingerprint density at radius 1 is 0.969 bits per heavy atom. The van der Waals surface area contributed by atoms with Crippen molar-refractivity contribution in [1.29, 1.82) is 0 Å². The molecule has 160 valence electrons. The molecule has 5 rings (SSSR count). The fourth-order valence-electron chi connectivity index (χ4n) is 4.99. The predicted molar refractivity (Wildman–Crippen MR) is 127 cm³/mol. The van der Waals surface area contributed by atoms with Crippen molar-refractivity contribution in [1.82, 2.24) is 0 Å². The quantitative estimate of drug-likeness (QED) is 0.515.